The first-order valence-corrected chi connectivity index (χ1v) is 17.8. The van der Waals surface area contributed by atoms with Gasteiger partial charge in [-0.25, -0.2) is 15.0 Å². The summed E-state index contributed by atoms with van der Waals surface area (Å²) in [7, 11) is 0. The number of fused-ring (bicyclic) bond motifs is 1. The minimum Gasteiger partial charge on any atom is -0.253 e. The van der Waals surface area contributed by atoms with Crippen LogP contribution in [0.5, 0.6) is 0 Å². The van der Waals surface area contributed by atoms with Crippen LogP contribution in [0.1, 0.15) is 5.69 Å². The smallest absolute Gasteiger partial charge is 0.164 e. The predicted molar refractivity (Wildman–Crippen MR) is 218 cm³/mol. The van der Waals surface area contributed by atoms with Crippen molar-refractivity contribution in [3.05, 3.63) is 194 Å². The van der Waals surface area contributed by atoms with Crippen LogP contribution in [0.4, 0.5) is 0 Å². The second-order valence-corrected chi connectivity index (χ2v) is 13.2. The van der Waals surface area contributed by atoms with E-state index in [1.54, 1.807) is 0 Å². The molecule has 0 aliphatic heterocycles. The maximum absolute atomic E-state index is 5.10. The van der Waals surface area contributed by atoms with Crippen LogP contribution in [0.25, 0.3) is 89.6 Å². The lowest BCUT2D eigenvalue weighted by Gasteiger charge is -2.14. The van der Waals surface area contributed by atoms with E-state index in [4.69, 9.17) is 19.9 Å². The van der Waals surface area contributed by atoms with Gasteiger partial charge in [0.05, 0.1) is 5.69 Å². The van der Waals surface area contributed by atoms with E-state index < -0.39 is 0 Å². The Labute approximate surface area is 309 Å². The van der Waals surface area contributed by atoms with Crippen molar-refractivity contribution in [2.45, 2.75) is 6.92 Å². The highest BCUT2D eigenvalue weighted by Gasteiger charge is 2.16. The molecule has 0 radical (unpaired) electrons. The van der Waals surface area contributed by atoms with Crippen LogP contribution in [0.15, 0.2) is 188 Å². The van der Waals surface area contributed by atoms with Crippen molar-refractivity contribution in [1.29, 1.82) is 0 Å². The van der Waals surface area contributed by atoms with Gasteiger partial charge in [0.15, 0.2) is 17.5 Å². The van der Waals surface area contributed by atoms with Crippen molar-refractivity contribution in [3.8, 4) is 78.8 Å². The zero-order valence-corrected chi connectivity index (χ0v) is 29.2. The summed E-state index contributed by atoms with van der Waals surface area (Å²) in [4.78, 5) is 19.9. The van der Waals surface area contributed by atoms with Crippen molar-refractivity contribution in [2.24, 2.45) is 0 Å². The summed E-state index contributed by atoms with van der Waals surface area (Å²) in [5.74, 6) is 1.90. The Bertz CT molecular complexity index is 2660. The van der Waals surface area contributed by atoms with Gasteiger partial charge in [0.25, 0.3) is 0 Å². The molecule has 0 fully saturated rings. The zero-order chi connectivity index (χ0) is 35.6. The van der Waals surface area contributed by atoms with Gasteiger partial charge >= 0.3 is 0 Å². The Balaban J connectivity index is 1.19. The highest BCUT2D eigenvalue weighted by Crippen LogP contribution is 2.37. The molecule has 0 saturated carbocycles. The van der Waals surface area contributed by atoms with E-state index in [0.29, 0.717) is 17.5 Å². The van der Waals surface area contributed by atoms with Crippen LogP contribution in [-0.2, 0) is 0 Å². The van der Waals surface area contributed by atoms with Gasteiger partial charge in [0.2, 0.25) is 0 Å². The lowest BCUT2D eigenvalue weighted by Crippen LogP contribution is -2.00. The lowest BCUT2D eigenvalue weighted by atomic mass is 9.92. The van der Waals surface area contributed by atoms with Crippen molar-refractivity contribution in [1.82, 2.24) is 19.9 Å². The minimum atomic E-state index is 0.624. The third-order valence-electron chi connectivity index (χ3n) is 9.59. The molecule has 7 aromatic carbocycles. The summed E-state index contributed by atoms with van der Waals surface area (Å²) in [5, 5.41) is 2.39. The lowest BCUT2D eigenvalue weighted by molar-refractivity contribution is 1.07. The van der Waals surface area contributed by atoms with E-state index in [0.717, 1.165) is 67.0 Å². The Morgan fingerprint density at radius 1 is 0.302 bits per heavy atom. The molecule has 53 heavy (non-hydrogen) atoms. The molecular formula is C49H34N4. The Morgan fingerprint density at radius 2 is 0.792 bits per heavy atom. The third kappa shape index (κ3) is 6.62. The van der Waals surface area contributed by atoms with Gasteiger partial charge in [0, 0.05) is 27.9 Å². The second-order valence-electron chi connectivity index (χ2n) is 13.2. The number of hydrogen-bond acceptors (Lipinski definition) is 4. The highest BCUT2D eigenvalue weighted by molar-refractivity contribution is 5.98. The number of rotatable bonds is 7. The molecule has 0 saturated heterocycles. The molecule has 2 heterocycles. The topological polar surface area (TPSA) is 51.6 Å². The van der Waals surface area contributed by atoms with Crippen molar-refractivity contribution in [2.75, 3.05) is 0 Å². The van der Waals surface area contributed by atoms with E-state index in [9.17, 15) is 0 Å². The van der Waals surface area contributed by atoms with Crippen LogP contribution in [0, 0.1) is 6.92 Å². The first-order chi connectivity index (χ1) is 26.1. The highest BCUT2D eigenvalue weighted by atomic mass is 15.0. The van der Waals surface area contributed by atoms with Crippen LogP contribution in [0.3, 0.4) is 0 Å². The predicted octanol–water partition coefficient (Wildman–Crippen LogP) is 12.4. The van der Waals surface area contributed by atoms with Gasteiger partial charge in [-0.05, 0) is 87.5 Å². The number of pyridine rings is 1. The molecule has 0 bridgehead atoms. The molecule has 0 spiro atoms. The van der Waals surface area contributed by atoms with E-state index in [1.165, 1.54) is 10.8 Å². The van der Waals surface area contributed by atoms with Gasteiger partial charge in [-0.15, -0.1) is 0 Å². The fourth-order valence-electron chi connectivity index (χ4n) is 6.91. The number of aryl methyl sites for hydroxylation is 1. The van der Waals surface area contributed by atoms with Crippen molar-refractivity contribution < 1.29 is 0 Å². The van der Waals surface area contributed by atoms with Crippen LogP contribution < -0.4 is 0 Å². The molecule has 0 aliphatic rings. The van der Waals surface area contributed by atoms with Gasteiger partial charge in [0.1, 0.15) is 0 Å². The molecule has 250 valence electrons. The standard InChI is InChI=1S/C49H34N4/c1-33-13-10-24-46(50-33)40-21-11-20-39(29-40)34-25-27-35(28-26-34)41-30-42(45-23-12-19-36-14-8-9-22-44(36)45)32-43(31-41)49-52-47(37-15-4-2-5-16-37)51-48(53-49)38-17-6-3-7-18-38/h2-32H,1H3. The van der Waals surface area contributed by atoms with E-state index in [-0.39, 0.29) is 0 Å². The largest absolute Gasteiger partial charge is 0.253 e. The molecule has 0 N–H and O–H groups in total. The number of aromatic nitrogens is 4. The number of hydrogen-bond donors (Lipinski definition) is 0. The van der Waals surface area contributed by atoms with E-state index in [1.807, 2.05) is 73.7 Å². The Hall–Kier alpha value is -7.04. The summed E-state index contributed by atoms with van der Waals surface area (Å²) >= 11 is 0. The first kappa shape index (κ1) is 31.9. The minimum absolute atomic E-state index is 0.624. The van der Waals surface area contributed by atoms with Crippen molar-refractivity contribution >= 4 is 10.8 Å². The van der Waals surface area contributed by atoms with Gasteiger partial charge < -0.3 is 0 Å². The van der Waals surface area contributed by atoms with Crippen molar-refractivity contribution in [3.63, 3.8) is 0 Å². The first-order valence-electron chi connectivity index (χ1n) is 17.8. The normalized spacial score (nSPS) is 11.1. The van der Waals surface area contributed by atoms with Gasteiger partial charge in [-0.2, -0.15) is 0 Å². The monoisotopic (exact) mass is 678 g/mol. The maximum Gasteiger partial charge on any atom is 0.164 e. The summed E-state index contributed by atoms with van der Waals surface area (Å²) < 4.78 is 0. The summed E-state index contributed by atoms with van der Waals surface area (Å²) in [6, 6.07) is 65.5. The fourth-order valence-corrected chi connectivity index (χ4v) is 6.91. The average Bonchev–Trinajstić information content (AvgIpc) is 3.24. The Kier molecular flexibility index (Phi) is 8.39. The second kappa shape index (κ2) is 13.9. The van der Waals surface area contributed by atoms with Crippen LogP contribution >= 0.6 is 0 Å². The third-order valence-corrected chi connectivity index (χ3v) is 9.59. The molecule has 4 nitrogen and oxygen atoms in total. The molecule has 0 aliphatic carbocycles. The van der Waals surface area contributed by atoms with Crippen LogP contribution in [0.2, 0.25) is 0 Å². The number of nitrogens with zero attached hydrogens (tertiary/aromatic N) is 4. The number of benzene rings is 7. The molecule has 0 amide bonds. The summed E-state index contributed by atoms with van der Waals surface area (Å²) in [6.45, 7) is 2.03. The van der Waals surface area contributed by atoms with Crippen LogP contribution in [-0.4, -0.2) is 19.9 Å². The zero-order valence-electron chi connectivity index (χ0n) is 29.2. The van der Waals surface area contributed by atoms with E-state index in [2.05, 4.69) is 121 Å². The SMILES string of the molecule is Cc1cccc(-c2cccc(-c3ccc(-c4cc(-c5nc(-c6ccccc6)nc(-c6ccccc6)n5)cc(-c5cccc6ccccc56)c4)cc3)c2)n1. The quantitative estimate of drug-likeness (QED) is 0.168. The molecule has 0 unspecified atom stereocenters. The fraction of sp³-hybridized carbons (Fsp3) is 0.0204. The Morgan fingerprint density at radius 3 is 1.49 bits per heavy atom. The molecule has 2 aromatic heterocycles. The molecular weight excluding hydrogens is 645 g/mol. The molecule has 9 rings (SSSR count). The summed E-state index contributed by atoms with van der Waals surface area (Å²) in [6.07, 6.45) is 0. The van der Waals surface area contributed by atoms with E-state index >= 15 is 0 Å². The summed E-state index contributed by atoms with van der Waals surface area (Å²) in [5.41, 5.74) is 12.6. The average molecular weight is 679 g/mol. The molecule has 4 heteroatoms. The maximum atomic E-state index is 5.10. The molecule has 9 aromatic rings. The molecule has 0 atom stereocenters. The van der Waals surface area contributed by atoms with Gasteiger partial charge in [-0.1, -0.05) is 152 Å². The van der Waals surface area contributed by atoms with Gasteiger partial charge in [-0.3, -0.25) is 4.98 Å².